The lowest BCUT2D eigenvalue weighted by Gasteiger charge is -2.42. The Balaban J connectivity index is 1.52. The molecule has 164 valence electrons. The summed E-state index contributed by atoms with van der Waals surface area (Å²) in [6.07, 6.45) is 8.61. The zero-order valence-corrected chi connectivity index (χ0v) is 18.4. The van der Waals surface area contributed by atoms with Gasteiger partial charge in [-0.15, -0.1) is 11.6 Å². The van der Waals surface area contributed by atoms with E-state index < -0.39 is 0 Å². The van der Waals surface area contributed by atoms with Crippen LogP contribution in [0.3, 0.4) is 0 Å². The van der Waals surface area contributed by atoms with Crippen molar-refractivity contribution in [1.82, 2.24) is 20.2 Å². The fraction of sp³-hybridized carbons (Fsp3) is 0.500. The number of fused-ring (bicyclic) bond motifs is 1. The molecule has 1 saturated heterocycles. The number of hydrogen-bond acceptors (Lipinski definition) is 4. The zero-order valence-electron chi connectivity index (χ0n) is 17.7. The Bertz CT molecular complexity index is 882. The highest BCUT2D eigenvalue weighted by molar-refractivity contribution is 6.27. The Morgan fingerprint density at radius 3 is 2.48 bits per heavy atom. The van der Waals surface area contributed by atoms with Gasteiger partial charge in [0.1, 0.15) is 5.88 Å². The Kier molecular flexibility index (Phi) is 7.17. The number of nitrogens with zero attached hydrogens (tertiary/aromatic N) is 3. The van der Waals surface area contributed by atoms with Gasteiger partial charge in [0.25, 0.3) is 0 Å². The van der Waals surface area contributed by atoms with Crippen LogP contribution in [0.5, 0.6) is 0 Å². The molecule has 0 spiro atoms. The largest absolute Gasteiger partial charge is 0.355 e. The van der Waals surface area contributed by atoms with Crippen LogP contribution in [-0.4, -0.2) is 51.7 Å². The van der Waals surface area contributed by atoms with Crippen LogP contribution in [0.2, 0.25) is 0 Å². The van der Waals surface area contributed by atoms with Gasteiger partial charge in [-0.2, -0.15) is 0 Å². The van der Waals surface area contributed by atoms with E-state index in [1.165, 1.54) is 5.56 Å². The molecule has 1 N–H and O–H groups in total. The highest BCUT2D eigenvalue weighted by Gasteiger charge is 2.38. The quantitative estimate of drug-likeness (QED) is 0.672. The summed E-state index contributed by atoms with van der Waals surface area (Å²) in [5.41, 5.74) is 3.11. The van der Waals surface area contributed by atoms with Crippen LogP contribution in [-0.2, 0) is 28.9 Å². The topological polar surface area (TPSA) is 75.2 Å². The van der Waals surface area contributed by atoms with Crippen molar-refractivity contribution in [2.24, 2.45) is 11.8 Å². The lowest BCUT2D eigenvalue weighted by atomic mass is 9.84. The summed E-state index contributed by atoms with van der Waals surface area (Å²) in [6.45, 7) is 1.29. The molecule has 2 unspecified atom stereocenters. The number of nitrogens with one attached hydrogen (secondary N) is 1. The summed E-state index contributed by atoms with van der Waals surface area (Å²) in [5, 5.41) is 2.96. The minimum absolute atomic E-state index is 0.0499. The highest BCUT2D eigenvalue weighted by Crippen LogP contribution is 2.31. The van der Waals surface area contributed by atoms with E-state index in [9.17, 15) is 9.59 Å². The Morgan fingerprint density at radius 1 is 1.10 bits per heavy atom. The molecule has 2 amide bonds. The van der Waals surface area contributed by atoms with Crippen LogP contribution < -0.4 is 5.32 Å². The first kappa shape index (κ1) is 21.8. The summed E-state index contributed by atoms with van der Waals surface area (Å²) in [7, 11) is 0. The Labute approximate surface area is 188 Å². The second-order valence-electron chi connectivity index (χ2n) is 8.54. The van der Waals surface area contributed by atoms with Crippen molar-refractivity contribution >= 4 is 23.4 Å². The molecule has 1 fully saturated rings. The number of rotatable bonds is 7. The molecular weight excluding hydrogens is 412 g/mol. The second kappa shape index (κ2) is 10.2. The van der Waals surface area contributed by atoms with Crippen LogP contribution in [0.15, 0.2) is 42.7 Å². The highest BCUT2D eigenvalue weighted by atomic mass is 35.5. The molecule has 1 aliphatic heterocycles. The lowest BCUT2D eigenvalue weighted by molar-refractivity contribution is -0.140. The van der Waals surface area contributed by atoms with Crippen molar-refractivity contribution in [1.29, 1.82) is 0 Å². The van der Waals surface area contributed by atoms with E-state index in [-0.39, 0.29) is 35.6 Å². The smallest absolute Gasteiger partial charge is 0.234 e. The monoisotopic (exact) mass is 440 g/mol. The number of benzene rings is 1. The van der Waals surface area contributed by atoms with E-state index in [1.54, 1.807) is 12.4 Å². The molecule has 0 saturated carbocycles. The number of piperidine rings is 1. The first-order chi connectivity index (χ1) is 15.2. The third-order valence-corrected chi connectivity index (χ3v) is 6.73. The van der Waals surface area contributed by atoms with E-state index in [0.29, 0.717) is 19.4 Å². The van der Waals surface area contributed by atoms with Crippen LogP contribution in [0.25, 0.3) is 0 Å². The lowest BCUT2D eigenvalue weighted by Crippen LogP contribution is -2.52. The van der Waals surface area contributed by atoms with Gasteiger partial charge < -0.3 is 10.2 Å². The Morgan fingerprint density at radius 2 is 1.81 bits per heavy atom. The number of carbonyl (C=O) groups is 2. The van der Waals surface area contributed by atoms with Gasteiger partial charge in [-0.1, -0.05) is 30.3 Å². The van der Waals surface area contributed by atoms with Crippen LogP contribution in [0, 0.1) is 11.8 Å². The third-order valence-electron chi connectivity index (χ3n) is 6.49. The molecule has 2 aliphatic rings. The van der Waals surface area contributed by atoms with E-state index in [4.69, 9.17) is 11.6 Å². The van der Waals surface area contributed by atoms with Crippen LogP contribution in [0.1, 0.15) is 36.2 Å². The predicted octanol–water partition coefficient (Wildman–Crippen LogP) is 2.79. The second-order valence-corrected chi connectivity index (χ2v) is 8.80. The molecule has 2 atom stereocenters. The van der Waals surface area contributed by atoms with Gasteiger partial charge >= 0.3 is 0 Å². The average Bonchev–Trinajstić information content (AvgIpc) is 3.26. The molecule has 2 heterocycles. The van der Waals surface area contributed by atoms with Gasteiger partial charge in [0, 0.05) is 56.2 Å². The van der Waals surface area contributed by atoms with E-state index in [2.05, 4.69) is 32.3 Å². The molecule has 1 aromatic heterocycles. The molecular formula is C24H29ClN4O2. The molecule has 0 bridgehead atoms. The third kappa shape index (κ3) is 5.24. The van der Waals surface area contributed by atoms with Crippen molar-refractivity contribution in [3.8, 4) is 0 Å². The number of halogens is 1. The van der Waals surface area contributed by atoms with Crippen molar-refractivity contribution in [3.63, 3.8) is 0 Å². The number of hydrogen-bond donors (Lipinski definition) is 1. The van der Waals surface area contributed by atoms with E-state index in [1.807, 2.05) is 18.2 Å². The maximum Gasteiger partial charge on any atom is 0.234 e. The predicted molar refractivity (Wildman–Crippen MR) is 120 cm³/mol. The van der Waals surface area contributed by atoms with E-state index in [0.717, 1.165) is 43.6 Å². The summed E-state index contributed by atoms with van der Waals surface area (Å²) in [5.74, 6) is 0.0285. The van der Waals surface area contributed by atoms with Crippen molar-refractivity contribution in [2.45, 2.75) is 44.6 Å². The van der Waals surface area contributed by atoms with Gasteiger partial charge in [-0.3, -0.25) is 19.6 Å². The summed E-state index contributed by atoms with van der Waals surface area (Å²) in [4.78, 5) is 36.4. The Hall–Kier alpha value is -2.47. The standard InChI is InChI=1S/C24H29ClN4O2/c25-15-23(30)28-16-19(12-17-6-2-1-3-7-17)22-8-4-5-11-29(22)24(31)18-13-20-21(14-18)27-10-9-26-20/h1-3,6-7,9-10,18-19,22H,4-5,8,11-16H2,(H,28,30). The van der Waals surface area contributed by atoms with Crippen molar-refractivity contribution < 1.29 is 9.59 Å². The maximum atomic E-state index is 13.6. The normalized spacial score (nSPS) is 19.6. The summed E-state index contributed by atoms with van der Waals surface area (Å²) < 4.78 is 0. The molecule has 4 rings (SSSR count). The minimum atomic E-state index is -0.170. The molecule has 1 aromatic carbocycles. The fourth-order valence-corrected chi connectivity index (χ4v) is 5.05. The van der Waals surface area contributed by atoms with Crippen LogP contribution >= 0.6 is 11.6 Å². The van der Waals surface area contributed by atoms with Gasteiger partial charge in [-0.05, 0) is 31.2 Å². The van der Waals surface area contributed by atoms with Crippen LogP contribution in [0.4, 0.5) is 0 Å². The fourth-order valence-electron chi connectivity index (χ4n) is 4.96. The van der Waals surface area contributed by atoms with Crippen molar-refractivity contribution in [2.75, 3.05) is 19.0 Å². The molecule has 7 heteroatoms. The molecule has 6 nitrogen and oxygen atoms in total. The van der Waals surface area contributed by atoms with Gasteiger partial charge in [0.15, 0.2) is 0 Å². The first-order valence-corrected chi connectivity index (χ1v) is 11.6. The molecule has 2 aromatic rings. The van der Waals surface area contributed by atoms with Crippen molar-refractivity contribution in [3.05, 3.63) is 59.7 Å². The molecule has 0 radical (unpaired) electrons. The minimum Gasteiger partial charge on any atom is -0.355 e. The maximum absolute atomic E-state index is 13.6. The number of amides is 2. The summed E-state index contributed by atoms with van der Waals surface area (Å²) in [6, 6.07) is 10.4. The SMILES string of the molecule is O=C(CCl)NCC(Cc1ccccc1)C1CCCCN1C(=O)C1Cc2nccnc2C1. The molecule has 1 aliphatic carbocycles. The van der Waals surface area contributed by atoms with Gasteiger partial charge in [-0.25, -0.2) is 0 Å². The average molecular weight is 441 g/mol. The number of alkyl halides is 1. The zero-order chi connectivity index (χ0) is 21.6. The summed E-state index contributed by atoms with van der Waals surface area (Å²) >= 11 is 5.70. The number of carbonyl (C=O) groups excluding carboxylic acids is 2. The first-order valence-electron chi connectivity index (χ1n) is 11.1. The van der Waals surface area contributed by atoms with Gasteiger partial charge in [0.2, 0.25) is 11.8 Å². The number of likely N-dealkylation sites (tertiary alicyclic amines) is 1. The van der Waals surface area contributed by atoms with Gasteiger partial charge in [0.05, 0.1) is 11.4 Å². The van der Waals surface area contributed by atoms with E-state index >= 15 is 0 Å². The molecule has 31 heavy (non-hydrogen) atoms. The number of aromatic nitrogens is 2.